The van der Waals surface area contributed by atoms with Crippen molar-refractivity contribution in [3.8, 4) is 5.75 Å². The van der Waals surface area contributed by atoms with Gasteiger partial charge in [0.25, 0.3) is 5.91 Å². The number of alkyl halides is 3. The largest absolute Gasteiger partial charge is 0.490 e. The van der Waals surface area contributed by atoms with Gasteiger partial charge in [0.15, 0.2) is 0 Å². The van der Waals surface area contributed by atoms with Gasteiger partial charge < -0.3 is 40.3 Å². The molecule has 0 saturated carbocycles. The Balaban J connectivity index is 1.56. The molecule has 0 aliphatic carbocycles. The number of ether oxygens (including phenoxy) is 2. The van der Waals surface area contributed by atoms with Crippen molar-refractivity contribution in [2.24, 2.45) is 5.92 Å². The summed E-state index contributed by atoms with van der Waals surface area (Å²) in [5, 5.41) is 18.2. The highest BCUT2D eigenvalue weighted by Crippen LogP contribution is 2.31. The van der Waals surface area contributed by atoms with E-state index >= 15 is 0 Å². The highest BCUT2D eigenvalue weighted by Gasteiger charge is 2.32. The maximum absolute atomic E-state index is 14.3. The molecule has 1 aliphatic rings. The van der Waals surface area contributed by atoms with Crippen LogP contribution in [0.1, 0.15) is 56.0 Å². The number of rotatable bonds is 7. The van der Waals surface area contributed by atoms with Gasteiger partial charge in [-0.15, -0.1) is 0 Å². The van der Waals surface area contributed by atoms with Gasteiger partial charge in [-0.25, -0.2) is 9.59 Å². The van der Waals surface area contributed by atoms with Crippen molar-refractivity contribution in [3.05, 3.63) is 83.9 Å². The molecule has 1 aliphatic heterocycles. The summed E-state index contributed by atoms with van der Waals surface area (Å²) in [5.41, 5.74) is 0.339. The van der Waals surface area contributed by atoms with Crippen molar-refractivity contribution < 1.29 is 42.1 Å². The number of nitrogens with one attached hydrogen (secondary N) is 3. The van der Waals surface area contributed by atoms with Gasteiger partial charge in [0.05, 0.1) is 36.0 Å². The third kappa shape index (κ3) is 11.3. The van der Waals surface area contributed by atoms with Crippen molar-refractivity contribution in [1.82, 2.24) is 9.80 Å². The number of aliphatic hydroxyl groups is 1. The van der Waals surface area contributed by atoms with E-state index in [-0.39, 0.29) is 54.7 Å². The van der Waals surface area contributed by atoms with E-state index in [1.54, 1.807) is 38.2 Å². The molecule has 0 radical (unpaired) electrons. The summed E-state index contributed by atoms with van der Waals surface area (Å²) in [6, 6.07) is 16.1. The molecule has 0 unspecified atom stereocenters. The van der Waals surface area contributed by atoms with E-state index < -0.39 is 35.8 Å². The number of urea groups is 2. The van der Waals surface area contributed by atoms with E-state index in [1.165, 1.54) is 15.9 Å². The minimum Gasteiger partial charge on any atom is -0.490 e. The maximum atomic E-state index is 14.3. The molecule has 3 aromatic rings. The fourth-order valence-electron chi connectivity index (χ4n) is 5.59. The Morgan fingerprint density at radius 2 is 1.61 bits per heavy atom. The van der Waals surface area contributed by atoms with Crippen molar-refractivity contribution in [3.63, 3.8) is 0 Å². The number of halogens is 3. The lowest BCUT2D eigenvalue weighted by Crippen LogP contribution is -2.48. The van der Waals surface area contributed by atoms with Crippen molar-refractivity contribution in [2.75, 3.05) is 49.3 Å². The fourth-order valence-corrected chi connectivity index (χ4v) is 5.59. The zero-order valence-corrected chi connectivity index (χ0v) is 29.2. The van der Waals surface area contributed by atoms with Gasteiger partial charge in [0.2, 0.25) is 0 Å². The first-order valence-corrected chi connectivity index (χ1v) is 16.9. The smallest absolute Gasteiger partial charge is 0.416 e. The third-order valence-electron chi connectivity index (χ3n) is 8.61. The van der Waals surface area contributed by atoms with Crippen LogP contribution in [0.25, 0.3) is 0 Å². The number of para-hydroxylation sites is 1. The minimum absolute atomic E-state index is 0.143. The van der Waals surface area contributed by atoms with Gasteiger partial charge in [-0.3, -0.25) is 4.79 Å². The molecule has 3 aromatic carbocycles. The Morgan fingerprint density at radius 1 is 0.961 bits per heavy atom. The molecule has 4 N–H and O–H groups in total. The lowest BCUT2D eigenvalue weighted by Gasteiger charge is -2.35. The zero-order valence-electron chi connectivity index (χ0n) is 29.2. The van der Waals surface area contributed by atoms with Crippen molar-refractivity contribution >= 4 is 35.0 Å². The monoisotopic (exact) mass is 713 g/mol. The number of fused-ring (bicyclic) bond motifs is 1. The summed E-state index contributed by atoms with van der Waals surface area (Å²) < 4.78 is 51.4. The zero-order chi connectivity index (χ0) is 37.1. The molecule has 51 heavy (non-hydrogen) atoms. The molecule has 0 saturated heterocycles. The predicted molar refractivity (Wildman–Crippen MR) is 189 cm³/mol. The molecule has 14 heteroatoms. The van der Waals surface area contributed by atoms with Gasteiger partial charge in [0, 0.05) is 49.7 Å². The van der Waals surface area contributed by atoms with E-state index in [2.05, 4.69) is 16.0 Å². The second kappa shape index (κ2) is 17.9. The molecule has 11 nitrogen and oxygen atoms in total. The van der Waals surface area contributed by atoms with Crippen LogP contribution in [-0.2, 0) is 10.9 Å². The third-order valence-corrected chi connectivity index (χ3v) is 8.61. The summed E-state index contributed by atoms with van der Waals surface area (Å²) in [5.74, 6) is -0.438. The molecular formula is C37H46F3N5O6. The Kier molecular flexibility index (Phi) is 13.7. The molecule has 4 atom stereocenters. The van der Waals surface area contributed by atoms with E-state index in [9.17, 15) is 32.7 Å². The maximum Gasteiger partial charge on any atom is 0.416 e. The van der Waals surface area contributed by atoms with E-state index in [4.69, 9.17) is 9.47 Å². The summed E-state index contributed by atoms with van der Waals surface area (Å²) in [4.78, 5) is 43.3. The van der Waals surface area contributed by atoms with Crippen LogP contribution in [-0.4, -0.2) is 84.5 Å². The number of carbonyl (C=O) groups is 3. The summed E-state index contributed by atoms with van der Waals surface area (Å²) in [7, 11) is 1.68. The number of amides is 5. The van der Waals surface area contributed by atoms with Crippen LogP contribution in [0.4, 0.5) is 39.8 Å². The highest BCUT2D eigenvalue weighted by molar-refractivity contribution is 6.02. The number of hydrogen-bond donors (Lipinski definition) is 4. The predicted octanol–water partition coefficient (Wildman–Crippen LogP) is 7.31. The van der Waals surface area contributed by atoms with Crippen LogP contribution in [0.3, 0.4) is 0 Å². The number of nitrogens with zero attached hydrogens (tertiary/aromatic N) is 2. The molecule has 0 aromatic heterocycles. The number of hydrogen-bond acceptors (Lipinski definition) is 6. The van der Waals surface area contributed by atoms with Crippen LogP contribution in [0, 0.1) is 5.92 Å². The highest BCUT2D eigenvalue weighted by atomic mass is 19.4. The van der Waals surface area contributed by atoms with Crippen LogP contribution < -0.4 is 20.7 Å². The molecule has 0 spiro atoms. The number of carbonyl (C=O) groups excluding carboxylic acids is 3. The van der Waals surface area contributed by atoms with E-state index in [1.807, 2.05) is 32.0 Å². The van der Waals surface area contributed by atoms with Crippen LogP contribution in [0.2, 0.25) is 0 Å². The normalized spacial score (nSPS) is 19.5. The van der Waals surface area contributed by atoms with Gasteiger partial charge in [-0.05, 0) is 87.7 Å². The van der Waals surface area contributed by atoms with Crippen LogP contribution in [0.5, 0.6) is 5.75 Å². The molecule has 0 bridgehead atoms. The van der Waals surface area contributed by atoms with Crippen molar-refractivity contribution in [2.45, 2.75) is 64.5 Å². The lowest BCUT2D eigenvalue weighted by atomic mass is 10.0. The first-order chi connectivity index (χ1) is 24.2. The topological polar surface area (TPSA) is 132 Å². The number of anilines is 3. The quantitative estimate of drug-likeness (QED) is 0.203. The number of benzene rings is 3. The molecular weight excluding hydrogens is 667 g/mol. The van der Waals surface area contributed by atoms with E-state index in [0.717, 1.165) is 37.1 Å². The first-order valence-electron chi connectivity index (χ1n) is 16.9. The Labute approximate surface area is 296 Å². The lowest BCUT2D eigenvalue weighted by molar-refractivity contribution is -0.137. The Bertz CT molecular complexity index is 1610. The second-order valence-electron chi connectivity index (χ2n) is 12.8. The second-order valence-corrected chi connectivity index (χ2v) is 12.8. The van der Waals surface area contributed by atoms with E-state index in [0.29, 0.717) is 24.5 Å². The minimum atomic E-state index is -4.51. The Morgan fingerprint density at radius 3 is 2.27 bits per heavy atom. The molecule has 0 fully saturated rings. The summed E-state index contributed by atoms with van der Waals surface area (Å²) in [6.45, 7) is 6.06. The molecule has 4 rings (SSSR count). The SMILES string of the molecule is C[C@H](CO)N1C[C@H](C)[C@@H](CN(C)C(=O)Nc2ccccc2)OCCCC[C@H](C)Oc2ccc(NC(=O)Nc3ccc(C(F)(F)F)cc3)cc2C1=O. The van der Waals surface area contributed by atoms with Gasteiger partial charge in [0.1, 0.15) is 5.75 Å². The first kappa shape index (κ1) is 39.0. The summed E-state index contributed by atoms with van der Waals surface area (Å²) in [6.07, 6.45) is -3.03. The van der Waals surface area contributed by atoms with Gasteiger partial charge >= 0.3 is 18.2 Å². The van der Waals surface area contributed by atoms with Crippen LogP contribution in [0.15, 0.2) is 72.8 Å². The molecule has 276 valence electrons. The number of likely N-dealkylation sites (N-methyl/N-ethyl adjacent to an activating group) is 1. The standard InChI is InChI=1S/C37H46F3N5O6/c1-24-21-45(25(2)23-46)34(47)31-20-30(42-35(48)41-29-15-13-27(14-16-29)37(38,39)40)17-18-32(31)51-26(3)10-8-9-19-50-33(24)22-44(4)36(49)43-28-11-6-5-7-12-28/h5-7,11-18,20,24-26,33,46H,8-10,19,21-23H2,1-4H3,(H,43,49)(H2,41,42,48)/t24-,25+,26-,33+/m0/s1. The number of aliphatic hydroxyl groups excluding tert-OH is 1. The van der Waals surface area contributed by atoms with Gasteiger partial charge in [-0.1, -0.05) is 25.1 Å². The van der Waals surface area contributed by atoms with Crippen molar-refractivity contribution in [1.29, 1.82) is 0 Å². The fraction of sp³-hybridized carbons (Fsp3) is 0.432. The Hall–Kier alpha value is -4.82. The molecule has 1 heterocycles. The average molecular weight is 714 g/mol. The van der Waals surface area contributed by atoms with Gasteiger partial charge in [-0.2, -0.15) is 13.2 Å². The molecule has 5 amide bonds. The van der Waals surface area contributed by atoms with Crippen LogP contribution >= 0.6 is 0 Å². The average Bonchev–Trinajstić information content (AvgIpc) is 3.09. The summed E-state index contributed by atoms with van der Waals surface area (Å²) >= 11 is 0.